The fraction of sp³-hybridized carbons (Fsp3) is 1.00. The van der Waals surface area contributed by atoms with Gasteiger partial charge in [-0.1, -0.05) is 13.3 Å². The molecule has 20 heavy (non-hydrogen) atoms. The summed E-state index contributed by atoms with van der Waals surface area (Å²) in [6, 6.07) is -1.05. The molecule has 0 saturated heterocycles. The summed E-state index contributed by atoms with van der Waals surface area (Å²) in [5.74, 6) is 0. The largest absolute Gasteiger partial charge is 0.424 e. The molecule has 4 nitrogen and oxygen atoms in total. The lowest BCUT2D eigenvalue weighted by Gasteiger charge is -2.36. The van der Waals surface area contributed by atoms with E-state index in [2.05, 4.69) is 13.5 Å². The molecule has 0 saturated carbocycles. The van der Waals surface area contributed by atoms with E-state index < -0.39 is 35.4 Å². The molecule has 0 aromatic heterocycles. The summed E-state index contributed by atoms with van der Waals surface area (Å²) in [4.78, 5) is 0. The lowest BCUT2D eigenvalue weighted by Crippen LogP contribution is -2.34. The fourth-order valence-corrected chi connectivity index (χ4v) is 8.72. The van der Waals surface area contributed by atoms with Gasteiger partial charge in [-0.15, -0.1) is 30.3 Å². The van der Waals surface area contributed by atoms with Crippen molar-refractivity contribution in [1.82, 2.24) is 4.67 Å². The van der Waals surface area contributed by atoms with Gasteiger partial charge in [0.05, 0.1) is 0 Å². The summed E-state index contributed by atoms with van der Waals surface area (Å²) < 4.78 is 76.5. The van der Waals surface area contributed by atoms with Crippen LogP contribution in [0, 0.1) is 0 Å². The normalized spacial score (nSPS) is 29.6. The first kappa shape index (κ1) is 18.3. The molecule has 1 aliphatic heterocycles. The smallest absolute Gasteiger partial charge is 0.221 e. The van der Waals surface area contributed by atoms with Gasteiger partial charge in [0.1, 0.15) is 0 Å². The SMILES string of the molecule is CCCC(C)N(C(C)C)P1(F)=NP(F)(F)=NP(F)(F)=N1. The topological polar surface area (TPSA) is 40.3 Å². The zero-order valence-electron chi connectivity index (χ0n) is 11.6. The zero-order valence-corrected chi connectivity index (χ0v) is 14.3. The molecule has 2 unspecified atom stereocenters. The summed E-state index contributed by atoms with van der Waals surface area (Å²) in [7, 11) is -16.1. The number of rotatable bonds is 5. The van der Waals surface area contributed by atoms with Crippen LogP contribution in [0.4, 0.5) is 21.0 Å². The lowest BCUT2D eigenvalue weighted by molar-refractivity contribution is 0.276. The van der Waals surface area contributed by atoms with Crippen molar-refractivity contribution < 1.29 is 21.0 Å². The van der Waals surface area contributed by atoms with E-state index in [-0.39, 0.29) is 0 Å². The van der Waals surface area contributed by atoms with Gasteiger partial charge in [0.2, 0.25) is 0 Å². The van der Waals surface area contributed by atoms with Crippen LogP contribution in [0.1, 0.15) is 40.5 Å². The van der Waals surface area contributed by atoms with Crippen LogP contribution in [-0.4, -0.2) is 16.8 Å². The summed E-state index contributed by atoms with van der Waals surface area (Å²) >= 11 is 0. The molecule has 0 spiro atoms. The molecule has 2 atom stereocenters. The molecular weight excluding hydrogens is 340 g/mol. The quantitative estimate of drug-likeness (QED) is 0.369. The highest BCUT2D eigenvalue weighted by Gasteiger charge is 2.44. The molecule has 0 aromatic carbocycles. The van der Waals surface area contributed by atoms with Crippen molar-refractivity contribution in [3.63, 3.8) is 0 Å². The van der Waals surface area contributed by atoms with Gasteiger partial charge in [-0.05, 0) is 27.2 Å². The van der Waals surface area contributed by atoms with Crippen molar-refractivity contribution in [2.75, 3.05) is 0 Å². The van der Waals surface area contributed by atoms with Gasteiger partial charge in [0, 0.05) is 12.1 Å². The monoisotopic (exact) mass is 358 g/mol. The van der Waals surface area contributed by atoms with E-state index in [1.54, 1.807) is 20.8 Å². The highest BCUT2D eigenvalue weighted by molar-refractivity contribution is 7.78. The Morgan fingerprint density at radius 1 is 0.900 bits per heavy atom. The highest BCUT2D eigenvalue weighted by Crippen LogP contribution is 2.82. The van der Waals surface area contributed by atoms with Crippen LogP contribution >= 0.6 is 23.3 Å². The van der Waals surface area contributed by atoms with E-state index in [4.69, 9.17) is 0 Å². The van der Waals surface area contributed by atoms with Crippen LogP contribution in [0.2, 0.25) is 0 Å². The van der Waals surface area contributed by atoms with Gasteiger partial charge in [0.25, 0.3) is 0 Å². The molecule has 0 aliphatic carbocycles. The molecular formula is C8H18F5N4P3. The average molecular weight is 358 g/mol. The summed E-state index contributed by atoms with van der Waals surface area (Å²) in [5.41, 5.74) is 0. The van der Waals surface area contributed by atoms with E-state index in [0.717, 1.165) is 4.67 Å². The minimum Gasteiger partial charge on any atom is -0.221 e. The Morgan fingerprint density at radius 3 is 1.80 bits per heavy atom. The Kier molecular flexibility index (Phi) is 5.68. The van der Waals surface area contributed by atoms with Gasteiger partial charge >= 0.3 is 23.3 Å². The van der Waals surface area contributed by atoms with Gasteiger partial charge < -0.3 is 0 Å². The van der Waals surface area contributed by atoms with Gasteiger partial charge in [-0.25, -0.2) is 4.67 Å². The summed E-state index contributed by atoms with van der Waals surface area (Å²) in [5, 5.41) is 0. The van der Waals surface area contributed by atoms with Crippen molar-refractivity contribution >= 4 is 23.3 Å². The second-order valence-corrected chi connectivity index (χ2v) is 10.2. The van der Waals surface area contributed by atoms with Gasteiger partial charge in [-0.2, -0.15) is 4.20 Å². The first-order valence-electron chi connectivity index (χ1n) is 6.11. The molecule has 1 heterocycles. The number of hydrogen-bond donors (Lipinski definition) is 0. The fourth-order valence-electron chi connectivity index (χ4n) is 2.15. The van der Waals surface area contributed by atoms with Crippen molar-refractivity contribution in [3.05, 3.63) is 0 Å². The number of nitrogens with zero attached hydrogens (tertiary/aromatic N) is 4. The molecule has 0 amide bonds. The molecule has 0 bridgehead atoms. The molecule has 0 N–H and O–H groups in total. The highest BCUT2D eigenvalue weighted by atomic mass is 31.3. The third-order valence-electron chi connectivity index (χ3n) is 2.64. The van der Waals surface area contributed by atoms with E-state index >= 15 is 0 Å². The van der Waals surface area contributed by atoms with Crippen molar-refractivity contribution in [2.24, 2.45) is 13.5 Å². The lowest BCUT2D eigenvalue weighted by atomic mass is 10.2. The standard InChI is InChI=1S/C8H18F5N4P3/c1-5-6-8(4)17(7(2)3)20(13)15-18(9,10)14-19(11,12)16-20/h7-8H,5-6H2,1-4H3. The average Bonchev–Trinajstić information content (AvgIpc) is 2.09. The Hall–Kier alpha value is 0.300. The van der Waals surface area contributed by atoms with E-state index in [9.17, 15) is 21.0 Å². The van der Waals surface area contributed by atoms with Crippen molar-refractivity contribution in [1.29, 1.82) is 0 Å². The van der Waals surface area contributed by atoms with Crippen molar-refractivity contribution in [2.45, 2.75) is 52.6 Å². The first-order valence-corrected chi connectivity index (χ1v) is 10.6. The molecule has 120 valence electrons. The molecule has 1 aliphatic rings. The predicted molar refractivity (Wildman–Crippen MR) is 74.9 cm³/mol. The Labute approximate surface area is 116 Å². The molecule has 1 rings (SSSR count). The van der Waals surface area contributed by atoms with Crippen LogP contribution in [0.25, 0.3) is 0 Å². The molecule has 0 aromatic rings. The first-order chi connectivity index (χ1) is 8.92. The Balaban J connectivity index is 3.43. The van der Waals surface area contributed by atoms with Crippen LogP contribution in [0.15, 0.2) is 13.5 Å². The van der Waals surface area contributed by atoms with Gasteiger partial charge in [0.15, 0.2) is 0 Å². The summed E-state index contributed by atoms with van der Waals surface area (Å²) in [6.45, 7) is 6.55. The van der Waals surface area contributed by atoms with Gasteiger partial charge in [-0.3, -0.25) is 0 Å². The zero-order chi connectivity index (χ0) is 15.8. The van der Waals surface area contributed by atoms with E-state index in [1.165, 1.54) is 0 Å². The molecule has 12 heteroatoms. The minimum absolute atomic E-state index is 0.486. The number of halogens is 5. The summed E-state index contributed by atoms with van der Waals surface area (Å²) in [6.07, 6.45) is 1.16. The number of hydrogen-bond acceptors (Lipinski definition) is 4. The second-order valence-electron chi connectivity index (χ2n) is 4.79. The molecule has 0 radical (unpaired) electrons. The Bertz CT molecular complexity index is 515. The predicted octanol–water partition coefficient (Wildman–Crippen LogP) is 7.59. The van der Waals surface area contributed by atoms with Crippen LogP contribution < -0.4 is 0 Å². The maximum atomic E-state index is 14.8. The van der Waals surface area contributed by atoms with Crippen molar-refractivity contribution in [3.8, 4) is 0 Å². The van der Waals surface area contributed by atoms with Crippen LogP contribution in [-0.2, 0) is 0 Å². The van der Waals surface area contributed by atoms with Crippen LogP contribution in [0.3, 0.4) is 0 Å². The third kappa shape index (κ3) is 4.40. The maximum absolute atomic E-state index is 14.8. The van der Waals surface area contributed by atoms with Crippen LogP contribution in [0.5, 0.6) is 0 Å². The van der Waals surface area contributed by atoms with E-state index in [0.29, 0.717) is 12.8 Å². The maximum Gasteiger partial charge on any atom is 0.424 e. The second kappa shape index (κ2) is 6.20. The minimum atomic E-state index is -5.64. The van der Waals surface area contributed by atoms with E-state index in [1.807, 2.05) is 6.92 Å². The molecule has 0 fully saturated rings. The Morgan fingerprint density at radius 2 is 1.40 bits per heavy atom. The third-order valence-corrected chi connectivity index (χ3v) is 9.35.